The zero-order chi connectivity index (χ0) is 17.1. The van der Waals surface area contributed by atoms with E-state index in [1.807, 2.05) is 6.92 Å². The van der Waals surface area contributed by atoms with E-state index in [2.05, 4.69) is 4.99 Å². The molecule has 1 aliphatic rings. The highest BCUT2D eigenvalue weighted by molar-refractivity contribution is 8.45. The number of furan rings is 1. The van der Waals surface area contributed by atoms with Gasteiger partial charge in [0.05, 0.1) is 10.5 Å². The minimum Gasteiger partial charge on any atom is -0.456 e. The molecule has 1 aromatic heterocycles. The molecule has 0 aliphatic carbocycles. The number of para-hydroxylation sites is 1. The first-order valence-corrected chi connectivity index (χ1v) is 8.87. The highest BCUT2D eigenvalue weighted by Gasteiger charge is 2.23. The minimum absolute atomic E-state index is 0.0294. The van der Waals surface area contributed by atoms with Crippen molar-refractivity contribution in [2.45, 2.75) is 6.92 Å². The fourth-order valence-electron chi connectivity index (χ4n) is 2.13. The quantitative estimate of drug-likeness (QED) is 0.451. The monoisotopic (exact) mass is 360 g/mol. The molecule has 24 heavy (non-hydrogen) atoms. The maximum absolute atomic E-state index is 11.9. The van der Waals surface area contributed by atoms with Gasteiger partial charge in [-0.05, 0) is 35.7 Å². The summed E-state index contributed by atoms with van der Waals surface area (Å²) in [5.41, 5.74) is 0.683. The standard InChI is InChI=1S/C16H12N2O4S2/c1-2-23-16-17-12(15(19)24-16)9-10-7-8-14(22-10)11-5-3-4-6-13(11)18(20)21/h3-9H,2H2,1H3/b12-9+. The van der Waals surface area contributed by atoms with Gasteiger partial charge < -0.3 is 4.42 Å². The molecule has 3 rings (SSSR count). The van der Waals surface area contributed by atoms with Gasteiger partial charge in [-0.3, -0.25) is 14.9 Å². The zero-order valence-corrected chi connectivity index (χ0v) is 14.2. The Kier molecular flexibility index (Phi) is 4.86. The molecule has 8 heteroatoms. The predicted octanol–water partition coefficient (Wildman–Crippen LogP) is 4.58. The van der Waals surface area contributed by atoms with Crippen molar-refractivity contribution in [3.05, 3.63) is 58.0 Å². The topological polar surface area (TPSA) is 85.7 Å². The molecule has 2 heterocycles. The van der Waals surface area contributed by atoms with Crippen molar-refractivity contribution < 1.29 is 14.1 Å². The van der Waals surface area contributed by atoms with E-state index in [0.29, 0.717) is 22.8 Å². The van der Waals surface area contributed by atoms with Gasteiger partial charge in [0, 0.05) is 12.1 Å². The Bertz CT molecular complexity index is 870. The molecule has 0 fully saturated rings. The lowest BCUT2D eigenvalue weighted by molar-refractivity contribution is -0.384. The van der Waals surface area contributed by atoms with Crippen LogP contribution in [0.1, 0.15) is 12.7 Å². The maximum atomic E-state index is 11.9. The van der Waals surface area contributed by atoms with Crippen LogP contribution in [0.4, 0.5) is 5.69 Å². The number of thioether (sulfide) groups is 2. The lowest BCUT2D eigenvalue weighted by Gasteiger charge is -1.98. The fourth-order valence-corrected chi connectivity index (χ4v) is 3.86. The molecule has 1 aromatic carbocycles. The largest absolute Gasteiger partial charge is 0.456 e. The summed E-state index contributed by atoms with van der Waals surface area (Å²) in [6, 6.07) is 9.66. The van der Waals surface area contributed by atoms with Crippen molar-refractivity contribution in [2.24, 2.45) is 4.99 Å². The summed E-state index contributed by atoms with van der Waals surface area (Å²) in [4.78, 5) is 26.8. The van der Waals surface area contributed by atoms with Gasteiger partial charge in [0.25, 0.3) is 5.69 Å². The van der Waals surface area contributed by atoms with Gasteiger partial charge in [-0.25, -0.2) is 4.99 Å². The first kappa shape index (κ1) is 16.5. The number of nitro groups is 1. The van der Waals surface area contributed by atoms with Crippen molar-refractivity contribution in [3.8, 4) is 11.3 Å². The van der Waals surface area contributed by atoms with E-state index >= 15 is 0 Å². The normalized spacial score (nSPS) is 15.8. The molecular weight excluding hydrogens is 348 g/mol. The number of hydrogen-bond acceptors (Lipinski definition) is 7. The van der Waals surface area contributed by atoms with Crippen LogP contribution in [0.5, 0.6) is 0 Å². The summed E-state index contributed by atoms with van der Waals surface area (Å²) in [6.45, 7) is 1.99. The third kappa shape index (κ3) is 3.44. The Morgan fingerprint density at radius 3 is 2.88 bits per heavy atom. The summed E-state index contributed by atoms with van der Waals surface area (Å²) >= 11 is 2.61. The highest BCUT2D eigenvalue weighted by Crippen LogP contribution is 2.33. The van der Waals surface area contributed by atoms with Gasteiger partial charge in [0.15, 0.2) is 0 Å². The average Bonchev–Trinajstić information content (AvgIpc) is 3.15. The molecule has 0 bridgehead atoms. The molecule has 2 aromatic rings. The third-order valence-electron chi connectivity index (χ3n) is 3.14. The van der Waals surface area contributed by atoms with Crippen LogP contribution in [0.15, 0.2) is 51.5 Å². The second-order valence-corrected chi connectivity index (χ2v) is 7.18. The molecule has 0 amide bonds. The minimum atomic E-state index is -0.453. The smallest absolute Gasteiger partial charge is 0.280 e. The number of aliphatic imine (C=N–C) groups is 1. The average molecular weight is 360 g/mol. The van der Waals surface area contributed by atoms with Gasteiger partial charge >= 0.3 is 0 Å². The predicted molar refractivity (Wildman–Crippen MR) is 96.9 cm³/mol. The first-order chi connectivity index (χ1) is 11.6. The highest BCUT2D eigenvalue weighted by atomic mass is 32.2. The van der Waals surface area contributed by atoms with E-state index in [9.17, 15) is 14.9 Å². The number of rotatable bonds is 4. The van der Waals surface area contributed by atoms with E-state index < -0.39 is 4.92 Å². The van der Waals surface area contributed by atoms with Crippen molar-refractivity contribution in [3.63, 3.8) is 0 Å². The van der Waals surface area contributed by atoms with Crippen LogP contribution in [0, 0.1) is 10.1 Å². The summed E-state index contributed by atoms with van der Waals surface area (Å²) < 4.78 is 6.37. The summed E-state index contributed by atoms with van der Waals surface area (Å²) in [5.74, 6) is 1.65. The van der Waals surface area contributed by atoms with E-state index in [1.165, 1.54) is 17.8 Å². The van der Waals surface area contributed by atoms with Crippen LogP contribution >= 0.6 is 23.5 Å². The molecule has 6 nitrogen and oxygen atoms in total. The SMILES string of the molecule is CCSC1=N/C(=C/c2ccc(-c3ccccc3[N+](=O)[O-])o2)C(=O)S1. The van der Waals surface area contributed by atoms with Gasteiger partial charge in [-0.1, -0.05) is 30.8 Å². The van der Waals surface area contributed by atoms with Crippen LogP contribution in [-0.4, -0.2) is 20.2 Å². The second-order valence-electron chi connectivity index (χ2n) is 4.71. The Balaban J connectivity index is 1.91. The number of benzene rings is 1. The second kappa shape index (κ2) is 7.06. The van der Waals surface area contributed by atoms with Crippen LogP contribution in [0.3, 0.4) is 0 Å². The molecule has 0 spiro atoms. The molecule has 0 unspecified atom stereocenters. The summed E-state index contributed by atoms with van der Waals surface area (Å²) in [7, 11) is 0. The third-order valence-corrected chi connectivity index (χ3v) is 5.03. The Labute approximate surface area is 146 Å². The zero-order valence-electron chi connectivity index (χ0n) is 12.6. The lowest BCUT2D eigenvalue weighted by Crippen LogP contribution is -1.90. The molecule has 0 atom stereocenters. The summed E-state index contributed by atoms with van der Waals surface area (Å²) in [6.07, 6.45) is 1.55. The number of carbonyl (C=O) groups is 1. The van der Waals surface area contributed by atoms with Gasteiger partial charge in [-0.15, -0.1) is 0 Å². The van der Waals surface area contributed by atoms with E-state index in [1.54, 1.807) is 36.4 Å². The van der Waals surface area contributed by atoms with E-state index in [0.717, 1.165) is 21.9 Å². The van der Waals surface area contributed by atoms with Gasteiger partial charge in [0.1, 0.15) is 21.6 Å². The Morgan fingerprint density at radius 1 is 1.33 bits per heavy atom. The van der Waals surface area contributed by atoms with E-state index in [4.69, 9.17) is 4.42 Å². The van der Waals surface area contributed by atoms with Gasteiger partial charge in [-0.2, -0.15) is 0 Å². The summed E-state index contributed by atoms with van der Waals surface area (Å²) in [5, 5.41) is 11.0. The molecule has 0 saturated heterocycles. The molecule has 122 valence electrons. The van der Waals surface area contributed by atoms with Crippen molar-refractivity contribution in [1.29, 1.82) is 0 Å². The lowest BCUT2D eigenvalue weighted by atomic mass is 10.1. The van der Waals surface area contributed by atoms with Crippen LogP contribution in [0.2, 0.25) is 0 Å². The number of carbonyl (C=O) groups excluding carboxylic acids is 1. The number of hydrogen-bond donors (Lipinski definition) is 0. The Hall–Kier alpha value is -2.32. The molecule has 0 radical (unpaired) electrons. The molecule has 0 N–H and O–H groups in total. The van der Waals surface area contributed by atoms with Gasteiger partial charge in [0.2, 0.25) is 5.12 Å². The van der Waals surface area contributed by atoms with Crippen LogP contribution in [0.25, 0.3) is 17.4 Å². The molecular formula is C16H12N2O4S2. The first-order valence-electron chi connectivity index (χ1n) is 7.07. The number of nitro benzene ring substituents is 1. The molecule has 1 aliphatic heterocycles. The molecule has 0 saturated carbocycles. The van der Waals surface area contributed by atoms with Crippen LogP contribution in [-0.2, 0) is 4.79 Å². The Morgan fingerprint density at radius 2 is 2.12 bits per heavy atom. The maximum Gasteiger partial charge on any atom is 0.280 e. The fraction of sp³-hybridized carbons (Fsp3) is 0.125. The number of nitrogens with zero attached hydrogens (tertiary/aromatic N) is 2. The van der Waals surface area contributed by atoms with Crippen molar-refractivity contribution in [1.82, 2.24) is 0 Å². The van der Waals surface area contributed by atoms with Crippen molar-refractivity contribution >= 4 is 44.8 Å². The van der Waals surface area contributed by atoms with Crippen molar-refractivity contribution in [2.75, 3.05) is 5.75 Å². The van der Waals surface area contributed by atoms with Crippen LogP contribution < -0.4 is 0 Å². The van der Waals surface area contributed by atoms with E-state index in [-0.39, 0.29) is 10.8 Å².